The van der Waals surface area contributed by atoms with E-state index < -0.39 is 35.3 Å². The summed E-state index contributed by atoms with van der Waals surface area (Å²) in [6.45, 7) is 5.35. The van der Waals surface area contributed by atoms with Crippen LogP contribution < -0.4 is 5.32 Å². The molecule has 0 fully saturated rings. The molecule has 0 saturated heterocycles. The monoisotopic (exact) mass is 401 g/mol. The van der Waals surface area contributed by atoms with Gasteiger partial charge in [-0.05, 0) is 62.7 Å². The van der Waals surface area contributed by atoms with Crippen molar-refractivity contribution in [2.45, 2.75) is 38.8 Å². The minimum Gasteiger partial charge on any atom is -0.467 e. The number of esters is 2. The van der Waals surface area contributed by atoms with Gasteiger partial charge in [-0.2, -0.15) is 0 Å². The van der Waals surface area contributed by atoms with Gasteiger partial charge in [-0.15, -0.1) is 0 Å². The Kier molecular flexibility index (Phi) is 7.09. The molecule has 0 aliphatic heterocycles. The van der Waals surface area contributed by atoms with Crippen LogP contribution in [0.3, 0.4) is 0 Å². The van der Waals surface area contributed by atoms with Crippen LogP contribution in [0.1, 0.15) is 47.1 Å². The summed E-state index contributed by atoms with van der Waals surface area (Å²) in [7, 11) is 1.23. The second kappa shape index (κ2) is 9.32. The van der Waals surface area contributed by atoms with Crippen LogP contribution in [0.4, 0.5) is 4.39 Å². The molecule has 0 saturated carbocycles. The fraction of sp³-hybridized carbons (Fsp3) is 0.318. The summed E-state index contributed by atoms with van der Waals surface area (Å²) in [6.07, 6.45) is 0.161. The summed E-state index contributed by atoms with van der Waals surface area (Å²) in [5, 5.41) is 2.59. The summed E-state index contributed by atoms with van der Waals surface area (Å²) >= 11 is 0. The van der Waals surface area contributed by atoms with Gasteiger partial charge in [0.2, 0.25) is 0 Å². The van der Waals surface area contributed by atoms with Crippen LogP contribution in [0, 0.1) is 5.82 Å². The Hall–Kier alpha value is -3.22. The van der Waals surface area contributed by atoms with Crippen molar-refractivity contribution >= 4 is 17.8 Å². The Labute approximate surface area is 169 Å². The van der Waals surface area contributed by atoms with E-state index in [-0.39, 0.29) is 12.0 Å². The zero-order valence-corrected chi connectivity index (χ0v) is 16.8. The summed E-state index contributed by atoms with van der Waals surface area (Å²) in [6, 6.07) is 10.6. The third-order valence-electron chi connectivity index (χ3n) is 3.93. The third-order valence-corrected chi connectivity index (χ3v) is 3.93. The van der Waals surface area contributed by atoms with E-state index in [1.165, 1.54) is 19.2 Å². The normalized spacial score (nSPS) is 12.0. The number of rotatable bonds is 6. The lowest BCUT2D eigenvalue weighted by Gasteiger charge is -2.20. The van der Waals surface area contributed by atoms with Crippen LogP contribution in [-0.2, 0) is 20.7 Å². The van der Waals surface area contributed by atoms with E-state index in [2.05, 4.69) is 5.32 Å². The molecule has 154 valence electrons. The molecular weight excluding hydrogens is 377 g/mol. The van der Waals surface area contributed by atoms with Gasteiger partial charge in [0, 0.05) is 12.0 Å². The quantitative estimate of drug-likeness (QED) is 0.751. The lowest BCUT2D eigenvalue weighted by molar-refractivity contribution is -0.142. The number of ether oxygens (including phenoxy) is 2. The van der Waals surface area contributed by atoms with E-state index in [0.29, 0.717) is 11.1 Å². The largest absolute Gasteiger partial charge is 0.467 e. The highest BCUT2D eigenvalue weighted by molar-refractivity contribution is 5.96. The summed E-state index contributed by atoms with van der Waals surface area (Å²) in [5.74, 6) is -2.04. The molecule has 2 aromatic rings. The fourth-order valence-corrected chi connectivity index (χ4v) is 2.53. The van der Waals surface area contributed by atoms with Crippen molar-refractivity contribution < 1.29 is 28.2 Å². The average molecular weight is 401 g/mol. The minimum absolute atomic E-state index is 0.161. The standard InChI is InChI=1S/C22H24FNO5/c1-22(2,3)29-20(26)16-7-5-14(6-8-16)13-18(21(27)28-4)24-19(25)15-9-11-17(23)12-10-15/h5-12,18H,13H2,1-4H3,(H,24,25)/t18-/m0/s1. The molecule has 0 aromatic heterocycles. The maximum absolute atomic E-state index is 13.0. The van der Waals surface area contributed by atoms with Gasteiger partial charge in [0.05, 0.1) is 12.7 Å². The molecule has 1 atom stereocenters. The smallest absolute Gasteiger partial charge is 0.338 e. The number of benzene rings is 2. The van der Waals surface area contributed by atoms with Crippen LogP contribution >= 0.6 is 0 Å². The molecule has 0 spiro atoms. The van der Waals surface area contributed by atoms with Gasteiger partial charge in [0.25, 0.3) is 5.91 Å². The van der Waals surface area contributed by atoms with Crippen LogP contribution in [-0.4, -0.2) is 36.6 Å². The van der Waals surface area contributed by atoms with Gasteiger partial charge in [0.1, 0.15) is 17.5 Å². The fourth-order valence-electron chi connectivity index (χ4n) is 2.53. The number of hydrogen-bond donors (Lipinski definition) is 1. The molecule has 6 nitrogen and oxygen atoms in total. The second-order valence-electron chi connectivity index (χ2n) is 7.46. The number of carbonyl (C=O) groups excluding carboxylic acids is 3. The van der Waals surface area contributed by atoms with Gasteiger partial charge in [-0.1, -0.05) is 12.1 Å². The first kappa shape index (κ1) is 22.1. The summed E-state index contributed by atoms with van der Waals surface area (Å²) in [5.41, 5.74) is 0.720. The van der Waals surface area contributed by atoms with Crippen molar-refractivity contribution in [3.8, 4) is 0 Å². The molecule has 7 heteroatoms. The van der Waals surface area contributed by atoms with Crippen molar-refractivity contribution in [3.63, 3.8) is 0 Å². The van der Waals surface area contributed by atoms with Crippen molar-refractivity contribution in [2.24, 2.45) is 0 Å². The maximum atomic E-state index is 13.0. The molecule has 0 aliphatic rings. The Morgan fingerprint density at radius 1 is 0.966 bits per heavy atom. The Bertz CT molecular complexity index is 870. The van der Waals surface area contributed by atoms with Gasteiger partial charge in [0.15, 0.2) is 0 Å². The van der Waals surface area contributed by atoms with Crippen molar-refractivity contribution in [1.82, 2.24) is 5.32 Å². The highest BCUT2D eigenvalue weighted by Gasteiger charge is 2.23. The predicted octanol–water partition coefficient (Wildman–Crippen LogP) is 3.30. The van der Waals surface area contributed by atoms with E-state index >= 15 is 0 Å². The molecule has 0 aliphatic carbocycles. The topological polar surface area (TPSA) is 81.7 Å². The highest BCUT2D eigenvalue weighted by atomic mass is 19.1. The zero-order chi connectivity index (χ0) is 21.6. The van der Waals surface area contributed by atoms with Crippen LogP contribution in [0.25, 0.3) is 0 Å². The van der Waals surface area contributed by atoms with Gasteiger partial charge < -0.3 is 14.8 Å². The minimum atomic E-state index is -0.940. The number of methoxy groups -OCH3 is 1. The molecular formula is C22H24FNO5. The molecule has 0 heterocycles. The van der Waals surface area contributed by atoms with E-state index in [4.69, 9.17) is 9.47 Å². The summed E-state index contributed by atoms with van der Waals surface area (Å²) in [4.78, 5) is 36.5. The van der Waals surface area contributed by atoms with Gasteiger partial charge in [-0.25, -0.2) is 14.0 Å². The first-order valence-corrected chi connectivity index (χ1v) is 9.05. The van der Waals surface area contributed by atoms with Crippen LogP contribution in [0.15, 0.2) is 48.5 Å². The zero-order valence-electron chi connectivity index (χ0n) is 16.8. The molecule has 1 N–H and O–H groups in total. The Morgan fingerprint density at radius 3 is 2.03 bits per heavy atom. The van der Waals surface area contributed by atoms with Crippen molar-refractivity contribution in [2.75, 3.05) is 7.11 Å². The number of carbonyl (C=O) groups is 3. The first-order valence-electron chi connectivity index (χ1n) is 9.05. The Balaban J connectivity index is 2.10. The number of halogens is 1. The SMILES string of the molecule is COC(=O)[C@H](Cc1ccc(C(=O)OC(C)(C)C)cc1)NC(=O)c1ccc(F)cc1. The molecule has 0 unspecified atom stereocenters. The lowest BCUT2D eigenvalue weighted by atomic mass is 10.0. The van der Waals surface area contributed by atoms with Gasteiger partial charge >= 0.3 is 11.9 Å². The van der Waals surface area contributed by atoms with Crippen molar-refractivity contribution in [1.29, 1.82) is 0 Å². The molecule has 0 bridgehead atoms. The average Bonchev–Trinajstić information content (AvgIpc) is 2.66. The highest BCUT2D eigenvalue weighted by Crippen LogP contribution is 2.14. The molecule has 2 rings (SSSR count). The van der Waals surface area contributed by atoms with Crippen molar-refractivity contribution in [3.05, 3.63) is 71.0 Å². The first-order chi connectivity index (χ1) is 13.6. The molecule has 1 amide bonds. The lowest BCUT2D eigenvalue weighted by Crippen LogP contribution is -2.43. The number of hydrogen-bond acceptors (Lipinski definition) is 5. The van der Waals surface area contributed by atoms with Crippen LogP contribution in [0.2, 0.25) is 0 Å². The Morgan fingerprint density at radius 2 is 1.52 bits per heavy atom. The molecule has 0 radical (unpaired) electrons. The van der Waals surface area contributed by atoms with E-state index in [9.17, 15) is 18.8 Å². The number of nitrogens with one attached hydrogen (secondary N) is 1. The van der Waals surface area contributed by atoms with E-state index in [0.717, 1.165) is 12.1 Å². The summed E-state index contributed by atoms with van der Waals surface area (Å²) < 4.78 is 23.1. The van der Waals surface area contributed by atoms with Gasteiger partial charge in [-0.3, -0.25) is 4.79 Å². The predicted molar refractivity (Wildman–Crippen MR) is 105 cm³/mol. The van der Waals surface area contributed by atoms with E-state index in [1.54, 1.807) is 45.0 Å². The number of amides is 1. The van der Waals surface area contributed by atoms with E-state index in [1.807, 2.05) is 0 Å². The second-order valence-corrected chi connectivity index (χ2v) is 7.46. The molecule has 2 aromatic carbocycles. The maximum Gasteiger partial charge on any atom is 0.338 e. The molecule has 29 heavy (non-hydrogen) atoms. The third kappa shape index (κ3) is 6.71. The van der Waals surface area contributed by atoms with Crippen LogP contribution in [0.5, 0.6) is 0 Å².